The molecular formula is C15H12BrN3O3. The third-order valence-corrected chi connectivity index (χ3v) is 3.60. The summed E-state index contributed by atoms with van der Waals surface area (Å²) >= 11 is 3.35. The number of aromatic hydroxyl groups is 1. The van der Waals surface area contributed by atoms with Gasteiger partial charge in [0.25, 0.3) is 0 Å². The number of hydrogen-bond donors (Lipinski definition) is 3. The number of ether oxygens (including phenoxy) is 1. The van der Waals surface area contributed by atoms with Crippen molar-refractivity contribution in [2.75, 3.05) is 7.11 Å². The summed E-state index contributed by atoms with van der Waals surface area (Å²) in [5, 5.41) is 10.1. The normalized spacial score (nSPS) is 11.4. The number of aromatic amines is 2. The third-order valence-electron chi connectivity index (χ3n) is 3.14. The molecule has 1 heterocycles. The number of benzene rings is 2. The first-order chi connectivity index (χ1) is 10.6. The van der Waals surface area contributed by atoms with Crippen molar-refractivity contribution in [1.29, 1.82) is 0 Å². The summed E-state index contributed by atoms with van der Waals surface area (Å²) in [6.45, 7) is 0. The predicted octanol–water partition coefficient (Wildman–Crippen LogP) is 3.08. The number of H-pyrrole nitrogens is 2. The Bertz CT molecular complexity index is 927. The van der Waals surface area contributed by atoms with Crippen LogP contribution in [-0.4, -0.2) is 28.4 Å². The van der Waals surface area contributed by atoms with Crippen LogP contribution < -0.4 is 10.4 Å². The van der Waals surface area contributed by atoms with Gasteiger partial charge in [0.1, 0.15) is 0 Å². The smallest absolute Gasteiger partial charge is 0.323 e. The van der Waals surface area contributed by atoms with Gasteiger partial charge >= 0.3 is 5.69 Å². The minimum atomic E-state index is -0.259. The first-order valence-corrected chi connectivity index (χ1v) is 7.19. The fourth-order valence-electron chi connectivity index (χ4n) is 2.09. The average Bonchev–Trinajstić information content (AvgIpc) is 2.87. The van der Waals surface area contributed by atoms with Crippen LogP contribution in [0.3, 0.4) is 0 Å². The van der Waals surface area contributed by atoms with Gasteiger partial charge in [0, 0.05) is 16.3 Å². The molecule has 0 saturated carbocycles. The minimum Gasteiger partial charge on any atom is -0.504 e. The highest BCUT2D eigenvalue weighted by Gasteiger charge is 2.08. The summed E-state index contributed by atoms with van der Waals surface area (Å²) in [6, 6.07) is 8.69. The third kappa shape index (κ3) is 2.75. The van der Waals surface area contributed by atoms with Crippen molar-refractivity contribution in [3.63, 3.8) is 0 Å². The van der Waals surface area contributed by atoms with Crippen molar-refractivity contribution in [1.82, 2.24) is 9.97 Å². The molecule has 3 N–H and O–H groups in total. The molecule has 22 heavy (non-hydrogen) atoms. The van der Waals surface area contributed by atoms with Crippen LogP contribution >= 0.6 is 15.9 Å². The summed E-state index contributed by atoms with van der Waals surface area (Å²) in [4.78, 5) is 20.9. The maximum absolute atomic E-state index is 11.2. The van der Waals surface area contributed by atoms with Gasteiger partial charge < -0.3 is 19.8 Å². The molecule has 0 radical (unpaired) electrons. The van der Waals surface area contributed by atoms with Gasteiger partial charge in [0.2, 0.25) is 0 Å². The van der Waals surface area contributed by atoms with E-state index in [-0.39, 0.29) is 11.4 Å². The van der Waals surface area contributed by atoms with Crippen molar-refractivity contribution in [2.45, 2.75) is 0 Å². The lowest BCUT2D eigenvalue weighted by Gasteiger charge is -2.06. The van der Waals surface area contributed by atoms with Gasteiger partial charge in [-0.05, 0) is 30.3 Å². The van der Waals surface area contributed by atoms with Gasteiger partial charge in [-0.1, -0.05) is 15.9 Å². The molecule has 0 fully saturated rings. The maximum Gasteiger partial charge on any atom is 0.323 e. The Morgan fingerprint density at radius 2 is 2.00 bits per heavy atom. The number of aliphatic imine (C=N–C) groups is 1. The fourth-order valence-corrected chi connectivity index (χ4v) is 2.55. The van der Waals surface area contributed by atoms with Gasteiger partial charge in [0.05, 0.1) is 23.8 Å². The molecule has 3 aromatic rings. The molecule has 0 aliphatic heterocycles. The molecule has 0 amide bonds. The van der Waals surface area contributed by atoms with Crippen molar-refractivity contribution < 1.29 is 9.84 Å². The molecule has 0 atom stereocenters. The second-order valence-corrected chi connectivity index (χ2v) is 5.53. The molecule has 0 bridgehead atoms. The van der Waals surface area contributed by atoms with Gasteiger partial charge in [-0.2, -0.15) is 0 Å². The molecule has 2 aromatic carbocycles. The Hall–Kier alpha value is -2.54. The highest BCUT2D eigenvalue weighted by molar-refractivity contribution is 9.10. The SMILES string of the molecule is COc1cc(Br)cc(C=Nc2ccc3[nH]c(=O)[nH]c3c2)c1O. The second-order valence-electron chi connectivity index (χ2n) is 4.61. The van der Waals surface area contributed by atoms with E-state index in [1.54, 1.807) is 30.3 Å². The first kappa shape index (κ1) is 14.4. The Morgan fingerprint density at radius 3 is 2.77 bits per heavy atom. The molecule has 0 spiro atoms. The number of nitrogens with zero attached hydrogens (tertiary/aromatic N) is 1. The number of phenolic OH excluding ortho intramolecular Hbond substituents is 1. The van der Waals surface area contributed by atoms with Crippen molar-refractivity contribution in [3.8, 4) is 11.5 Å². The van der Waals surface area contributed by atoms with Crippen LogP contribution in [0.5, 0.6) is 11.5 Å². The first-order valence-electron chi connectivity index (χ1n) is 6.39. The summed E-state index contributed by atoms with van der Waals surface area (Å²) < 4.78 is 5.87. The largest absolute Gasteiger partial charge is 0.504 e. The Labute approximate surface area is 133 Å². The highest BCUT2D eigenvalue weighted by atomic mass is 79.9. The van der Waals surface area contributed by atoms with Gasteiger partial charge in [-0.15, -0.1) is 0 Å². The zero-order valence-corrected chi connectivity index (χ0v) is 13.1. The zero-order valence-electron chi connectivity index (χ0n) is 11.6. The Morgan fingerprint density at radius 1 is 1.23 bits per heavy atom. The molecule has 0 unspecified atom stereocenters. The average molecular weight is 362 g/mol. The summed E-state index contributed by atoms with van der Waals surface area (Å²) in [7, 11) is 1.48. The van der Waals surface area contributed by atoms with E-state index in [4.69, 9.17) is 4.74 Å². The lowest BCUT2D eigenvalue weighted by Crippen LogP contribution is -1.99. The van der Waals surface area contributed by atoms with E-state index in [1.165, 1.54) is 13.3 Å². The van der Waals surface area contributed by atoms with Crippen molar-refractivity contribution in [3.05, 3.63) is 50.9 Å². The molecule has 112 valence electrons. The summed E-state index contributed by atoms with van der Waals surface area (Å²) in [5.41, 5.74) is 2.31. The van der Waals surface area contributed by atoms with E-state index in [9.17, 15) is 9.90 Å². The van der Waals surface area contributed by atoms with E-state index in [0.717, 1.165) is 9.99 Å². The topological polar surface area (TPSA) is 90.5 Å². The number of halogens is 1. The molecule has 1 aromatic heterocycles. The van der Waals surface area contributed by atoms with E-state index >= 15 is 0 Å². The van der Waals surface area contributed by atoms with E-state index in [2.05, 4.69) is 30.9 Å². The number of phenols is 1. The molecule has 0 saturated heterocycles. The summed E-state index contributed by atoms with van der Waals surface area (Å²) in [5.74, 6) is 0.381. The minimum absolute atomic E-state index is 0.0191. The van der Waals surface area contributed by atoms with Crippen LogP contribution in [0, 0.1) is 0 Å². The van der Waals surface area contributed by atoms with Crippen molar-refractivity contribution in [2.24, 2.45) is 4.99 Å². The second kappa shape index (κ2) is 5.69. The number of imidazole rings is 1. The number of aromatic nitrogens is 2. The Balaban J connectivity index is 1.98. The monoisotopic (exact) mass is 361 g/mol. The molecule has 0 aliphatic rings. The lowest BCUT2D eigenvalue weighted by atomic mass is 10.2. The van der Waals surface area contributed by atoms with Crippen LogP contribution in [0.15, 0.2) is 44.6 Å². The molecule has 7 heteroatoms. The highest BCUT2D eigenvalue weighted by Crippen LogP contribution is 2.33. The van der Waals surface area contributed by atoms with E-state index < -0.39 is 0 Å². The van der Waals surface area contributed by atoms with Gasteiger partial charge in [-0.3, -0.25) is 4.99 Å². The number of fused-ring (bicyclic) bond motifs is 1. The van der Waals surface area contributed by atoms with E-state index in [1.807, 2.05) is 0 Å². The predicted molar refractivity (Wildman–Crippen MR) is 88.5 cm³/mol. The fraction of sp³-hybridized carbons (Fsp3) is 0.0667. The number of methoxy groups -OCH3 is 1. The Kier molecular flexibility index (Phi) is 3.72. The maximum atomic E-state index is 11.2. The van der Waals surface area contributed by atoms with Gasteiger partial charge in [-0.25, -0.2) is 4.79 Å². The molecule has 6 nitrogen and oxygen atoms in total. The van der Waals surface area contributed by atoms with Gasteiger partial charge in [0.15, 0.2) is 11.5 Å². The molecule has 0 aliphatic carbocycles. The summed E-state index contributed by atoms with van der Waals surface area (Å²) in [6.07, 6.45) is 1.54. The van der Waals surface area contributed by atoms with Crippen LogP contribution in [0.1, 0.15) is 5.56 Å². The van der Waals surface area contributed by atoms with Crippen LogP contribution in [-0.2, 0) is 0 Å². The van der Waals surface area contributed by atoms with Crippen molar-refractivity contribution >= 4 is 38.9 Å². The number of nitrogens with one attached hydrogen (secondary N) is 2. The standard InChI is InChI=1S/C15H12BrN3O3/c1-22-13-5-9(16)4-8(14(13)20)7-17-10-2-3-11-12(6-10)19-15(21)18-11/h2-7,20H,1H3,(H2,18,19,21). The zero-order chi connectivity index (χ0) is 15.7. The quantitative estimate of drug-likeness (QED) is 0.626. The van der Waals surface area contributed by atoms with Crippen LogP contribution in [0.2, 0.25) is 0 Å². The number of rotatable bonds is 3. The molecule has 3 rings (SSSR count). The van der Waals surface area contributed by atoms with E-state index in [0.29, 0.717) is 22.5 Å². The van der Waals surface area contributed by atoms with Crippen LogP contribution in [0.4, 0.5) is 5.69 Å². The molecular weight excluding hydrogens is 350 g/mol. The van der Waals surface area contributed by atoms with Crippen LogP contribution in [0.25, 0.3) is 11.0 Å². The lowest BCUT2D eigenvalue weighted by molar-refractivity contribution is 0.373. The number of hydrogen-bond acceptors (Lipinski definition) is 4.